The normalized spacial score (nSPS) is 15.3. The van der Waals surface area contributed by atoms with E-state index in [-0.39, 0.29) is 38.3 Å². The van der Waals surface area contributed by atoms with Crippen molar-refractivity contribution in [3.05, 3.63) is 59.7 Å². The number of anilines is 2. The summed E-state index contributed by atoms with van der Waals surface area (Å²) >= 11 is 0. The van der Waals surface area contributed by atoms with Crippen LogP contribution in [0.15, 0.2) is 48.5 Å². The summed E-state index contributed by atoms with van der Waals surface area (Å²) < 4.78 is 0. The fraction of sp³-hybridized carbons (Fsp3) is 0.500. The minimum Gasteiger partial charge on any atom is -0.481 e. The Morgan fingerprint density at radius 3 is 2.07 bits per heavy atom. The number of carbonyl (C=O) groups is 8. The van der Waals surface area contributed by atoms with Crippen molar-refractivity contribution >= 4 is 59.5 Å². The van der Waals surface area contributed by atoms with Gasteiger partial charge in [0.05, 0.1) is 6.42 Å². The zero-order valence-corrected chi connectivity index (χ0v) is 33.5. The van der Waals surface area contributed by atoms with Gasteiger partial charge in [-0.05, 0) is 81.2 Å². The Bertz CT molecular complexity index is 1780. The highest BCUT2D eigenvalue weighted by Crippen LogP contribution is 2.22. The molecule has 17 heteroatoms. The number of likely N-dealkylation sites (tertiary alicyclic amines) is 1. The van der Waals surface area contributed by atoms with E-state index in [1.54, 1.807) is 71.9 Å². The molecule has 1 fully saturated rings. The fourth-order valence-corrected chi connectivity index (χ4v) is 6.44. The SMILES string of the molecule is Cc1ccccc1NC(=O)Nc1ccc(CN(C(=O)N(C=O)[C@@H](CC(C)C)C(=O)N[C@@H](CC(=O)O)C(=O)N[C@H](C(=O)N2CCC[C@H]2C(=O)O)C(C)C)C(C)C)cc1. The predicted octanol–water partition coefficient (Wildman–Crippen LogP) is 4.02. The van der Waals surface area contributed by atoms with Crippen molar-refractivity contribution in [2.24, 2.45) is 11.8 Å². The lowest BCUT2D eigenvalue weighted by Crippen LogP contribution is -2.60. The lowest BCUT2D eigenvalue weighted by molar-refractivity contribution is -0.150. The van der Waals surface area contributed by atoms with E-state index in [4.69, 9.17) is 0 Å². The number of hydrogen-bond acceptors (Lipinski definition) is 8. The first kappa shape index (κ1) is 45.4. The Balaban J connectivity index is 1.79. The van der Waals surface area contributed by atoms with Crippen LogP contribution in [0.25, 0.3) is 0 Å². The minimum absolute atomic E-state index is 0.0148. The molecular weight excluding hydrogens is 738 g/mol. The summed E-state index contributed by atoms with van der Waals surface area (Å²) in [6.45, 7) is 12.3. The molecule has 0 spiro atoms. The zero-order valence-electron chi connectivity index (χ0n) is 33.5. The van der Waals surface area contributed by atoms with Crippen LogP contribution in [0.2, 0.25) is 0 Å². The third kappa shape index (κ3) is 12.8. The van der Waals surface area contributed by atoms with Crippen LogP contribution in [0.3, 0.4) is 0 Å². The van der Waals surface area contributed by atoms with Crippen LogP contribution in [0, 0.1) is 18.8 Å². The van der Waals surface area contributed by atoms with Crippen LogP contribution in [0.4, 0.5) is 21.0 Å². The van der Waals surface area contributed by atoms with Crippen molar-refractivity contribution < 1.29 is 48.6 Å². The van der Waals surface area contributed by atoms with Gasteiger partial charge >= 0.3 is 24.0 Å². The molecule has 4 atom stereocenters. The van der Waals surface area contributed by atoms with E-state index < -0.39 is 84.3 Å². The second kappa shape index (κ2) is 20.8. The molecule has 0 aliphatic carbocycles. The van der Waals surface area contributed by atoms with Crippen LogP contribution in [0.1, 0.15) is 78.4 Å². The second-order valence-corrected chi connectivity index (χ2v) is 15.2. The second-order valence-electron chi connectivity index (χ2n) is 15.2. The Labute approximate surface area is 332 Å². The molecule has 2 aromatic carbocycles. The number of aliphatic carboxylic acids is 2. The summed E-state index contributed by atoms with van der Waals surface area (Å²) in [5.41, 5.74) is 2.68. The van der Waals surface area contributed by atoms with Crippen LogP contribution < -0.4 is 21.3 Å². The lowest BCUT2D eigenvalue weighted by atomic mass is 10.00. The summed E-state index contributed by atoms with van der Waals surface area (Å²) in [5, 5.41) is 29.7. The van der Waals surface area contributed by atoms with Gasteiger partial charge in [0.15, 0.2) is 0 Å². The number of benzene rings is 2. The molecule has 57 heavy (non-hydrogen) atoms. The van der Waals surface area contributed by atoms with Crippen molar-refractivity contribution in [3.63, 3.8) is 0 Å². The molecule has 1 aliphatic heterocycles. The molecule has 6 N–H and O–H groups in total. The maximum absolute atomic E-state index is 14.1. The first-order valence-electron chi connectivity index (χ1n) is 19.0. The molecular formula is C40H55N7O10. The van der Waals surface area contributed by atoms with Crippen molar-refractivity contribution in [2.75, 3.05) is 17.2 Å². The Hall–Kier alpha value is -6.00. The van der Waals surface area contributed by atoms with E-state index >= 15 is 0 Å². The summed E-state index contributed by atoms with van der Waals surface area (Å²) in [7, 11) is 0. The van der Waals surface area contributed by atoms with Gasteiger partial charge in [-0.2, -0.15) is 0 Å². The average Bonchev–Trinajstić information content (AvgIpc) is 3.64. The van der Waals surface area contributed by atoms with E-state index in [2.05, 4.69) is 21.3 Å². The van der Waals surface area contributed by atoms with Crippen molar-refractivity contribution in [1.29, 1.82) is 0 Å². The van der Waals surface area contributed by atoms with Gasteiger partial charge in [-0.3, -0.25) is 28.9 Å². The van der Waals surface area contributed by atoms with Gasteiger partial charge < -0.3 is 41.3 Å². The summed E-state index contributed by atoms with van der Waals surface area (Å²) in [4.78, 5) is 107. The number of carboxylic acids is 2. The van der Waals surface area contributed by atoms with Gasteiger partial charge in [0.1, 0.15) is 24.2 Å². The molecule has 2 aromatic rings. The lowest BCUT2D eigenvalue weighted by Gasteiger charge is -2.35. The van der Waals surface area contributed by atoms with Crippen LogP contribution in [-0.4, -0.2) is 110 Å². The molecule has 1 saturated heterocycles. The summed E-state index contributed by atoms with van der Waals surface area (Å²) in [6.07, 6.45) is -0.00570. The van der Waals surface area contributed by atoms with E-state index in [0.29, 0.717) is 23.4 Å². The Morgan fingerprint density at radius 2 is 1.53 bits per heavy atom. The molecule has 310 valence electrons. The van der Waals surface area contributed by atoms with E-state index in [9.17, 15) is 48.6 Å². The average molecular weight is 794 g/mol. The van der Waals surface area contributed by atoms with Gasteiger partial charge in [0.2, 0.25) is 24.1 Å². The molecule has 0 radical (unpaired) electrons. The number of aryl methyl sites for hydroxylation is 1. The first-order chi connectivity index (χ1) is 26.8. The number of rotatable bonds is 18. The molecule has 0 bridgehead atoms. The predicted molar refractivity (Wildman–Crippen MR) is 211 cm³/mol. The number of nitrogens with zero attached hydrogens (tertiary/aromatic N) is 3. The number of hydrogen-bond donors (Lipinski definition) is 6. The maximum atomic E-state index is 14.1. The Morgan fingerprint density at radius 1 is 0.877 bits per heavy atom. The topological polar surface area (TPSA) is 235 Å². The minimum atomic E-state index is -1.72. The molecule has 0 unspecified atom stereocenters. The smallest absolute Gasteiger partial charge is 0.327 e. The van der Waals surface area contributed by atoms with Crippen LogP contribution in [-0.2, 0) is 35.3 Å². The quantitative estimate of drug-likeness (QED) is 0.119. The van der Waals surface area contributed by atoms with Gasteiger partial charge in [0, 0.05) is 30.5 Å². The third-order valence-corrected chi connectivity index (χ3v) is 9.56. The van der Waals surface area contributed by atoms with E-state index in [1.807, 2.05) is 25.1 Å². The fourth-order valence-electron chi connectivity index (χ4n) is 6.44. The van der Waals surface area contributed by atoms with E-state index in [1.165, 1.54) is 9.80 Å². The van der Waals surface area contributed by atoms with Crippen molar-refractivity contribution in [3.8, 4) is 0 Å². The van der Waals surface area contributed by atoms with Crippen molar-refractivity contribution in [1.82, 2.24) is 25.3 Å². The van der Waals surface area contributed by atoms with Gasteiger partial charge in [-0.15, -0.1) is 0 Å². The number of amides is 8. The number of carboxylic acid groups (broad SMARTS) is 2. The standard InChI is InChI=1S/C40H55N7O10/c1-23(2)19-32(36(52)42-30(20-33(49)50)35(51)44-34(24(3)4)37(53)45-18-10-13-31(45)38(54)55)47(22-48)40(57)46(25(5)6)21-27-14-16-28(17-15-27)41-39(56)43-29-12-9-8-11-26(29)7/h8-9,11-12,14-17,22-25,30-32,34H,10,13,18-21H2,1-7H3,(H,42,52)(H,44,51)(H,49,50)(H,54,55)(H2,41,43,56)/t30-,31-,32-,34-/m0/s1. The highest BCUT2D eigenvalue weighted by atomic mass is 16.4. The number of imide groups is 1. The molecule has 17 nitrogen and oxygen atoms in total. The van der Waals surface area contributed by atoms with Crippen LogP contribution in [0.5, 0.6) is 0 Å². The zero-order chi connectivity index (χ0) is 42.6. The monoisotopic (exact) mass is 793 g/mol. The molecule has 8 amide bonds. The number of urea groups is 2. The molecule has 0 aromatic heterocycles. The summed E-state index contributed by atoms with van der Waals surface area (Å²) in [5.74, 6) is -6.04. The molecule has 1 aliphatic rings. The maximum Gasteiger partial charge on any atom is 0.327 e. The van der Waals surface area contributed by atoms with Gasteiger partial charge in [-0.1, -0.05) is 58.0 Å². The Kier molecular flexibility index (Phi) is 16.6. The van der Waals surface area contributed by atoms with E-state index in [0.717, 1.165) is 10.5 Å². The highest BCUT2D eigenvalue weighted by Gasteiger charge is 2.41. The molecule has 0 saturated carbocycles. The van der Waals surface area contributed by atoms with Gasteiger partial charge in [0.25, 0.3) is 0 Å². The van der Waals surface area contributed by atoms with Crippen LogP contribution >= 0.6 is 0 Å². The number of carbonyl (C=O) groups excluding carboxylic acids is 6. The third-order valence-electron chi connectivity index (χ3n) is 9.56. The first-order valence-corrected chi connectivity index (χ1v) is 19.0. The van der Waals surface area contributed by atoms with Crippen molar-refractivity contribution in [2.45, 2.75) is 111 Å². The molecule has 1 heterocycles. The van der Waals surface area contributed by atoms with Gasteiger partial charge in [-0.25, -0.2) is 14.4 Å². The highest BCUT2D eigenvalue weighted by molar-refractivity contribution is 6.00. The number of para-hydroxylation sites is 1. The number of nitrogens with one attached hydrogen (secondary N) is 4. The molecule has 3 rings (SSSR count). The largest absolute Gasteiger partial charge is 0.481 e. The summed E-state index contributed by atoms with van der Waals surface area (Å²) in [6, 6.07) is 6.83.